The highest BCUT2D eigenvalue weighted by Gasteiger charge is 2.17. The molecule has 0 spiro atoms. The van der Waals surface area contributed by atoms with E-state index < -0.39 is 16.8 Å². The number of non-ortho nitro benzene ring substituents is 1. The van der Waals surface area contributed by atoms with Crippen LogP contribution in [0.5, 0.6) is 5.75 Å². The van der Waals surface area contributed by atoms with E-state index in [1.807, 2.05) is 0 Å². The van der Waals surface area contributed by atoms with Gasteiger partial charge in [-0.15, -0.1) is 0 Å². The fourth-order valence-corrected chi connectivity index (χ4v) is 1.61. The maximum absolute atomic E-state index is 10.8. The summed E-state index contributed by atoms with van der Waals surface area (Å²) in [4.78, 5) is 22.8. The number of rotatable bonds is 6. The number of carboxylic acid groups (broad SMARTS) is 1. The van der Waals surface area contributed by atoms with Crippen LogP contribution in [-0.2, 0) is 4.79 Å². The van der Waals surface area contributed by atoms with Crippen LogP contribution in [0.2, 0.25) is 0 Å². The first-order valence-corrected chi connectivity index (χ1v) is 5.62. The molecule has 7 heteroatoms. The van der Waals surface area contributed by atoms with Crippen molar-refractivity contribution in [3.63, 3.8) is 0 Å². The van der Waals surface area contributed by atoms with Gasteiger partial charge in [0, 0.05) is 31.4 Å². The summed E-state index contributed by atoms with van der Waals surface area (Å²) in [5.41, 5.74) is 0.448. The number of aliphatic carboxylic acids is 1. The SMILES string of the molecule is COc1cc(N(C)CC(C)C(=O)O)cc([N+](=O)[O-])c1. The maximum Gasteiger partial charge on any atom is 0.308 e. The van der Waals surface area contributed by atoms with Crippen LogP contribution in [0, 0.1) is 16.0 Å². The first-order valence-electron chi connectivity index (χ1n) is 5.62. The second kappa shape index (κ2) is 6.03. The Kier molecular flexibility index (Phi) is 4.68. The Hall–Kier alpha value is -2.31. The third-order valence-corrected chi connectivity index (χ3v) is 2.73. The van der Waals surface area contributed by atoms with E-state index in [1.54, 1.807) is 24.9 Å². The van der Waals surface area contributed by atoms with Crippen molar-refractivity contribution in [2.75, 3.05) is 25.6 Å². The zero-order valence-corrected chi connectivity index (χ0v) is 11.0. The van der Waals surface area contributed by atoms with E-state index >= 15 is 0 Å². The number of anilines is 1. The molecule has 1 unspecified atom stereocenters. The van der Waals surface area contributed by atoms with Crippen molar-refractivity contribution >= 4 is 17.3 Å². The lowest BCUT2D eigenvalue weighted by Gasteiger charge is -2.21. The molecule has 7 nitrogen and oxygen atoms in total. The summed E-state index contributed by atoms with van der Waals surface area (Å²) in [5.74, 6) is -1.13. The number of methoxy groups -OCH3 is 1. The van der Waals surface area contributed by atoms with Crippen molar-refractivity contribution in [3.05, 3.63) is 28.3 Å². The Morgan fingerprint density at radius 2 is 2.16 bits per heavy atom. The van der Waals surface area contributed by atoms with Gasteiger partial charge in [0.05, 0.1) is 24.0 Å². The zero-order chi connectivity index (χ0) is 14.6. The molecule has 0 saturated carbocycles. The summed E-state index contributed by atoms with van der Waals surface area (Å²) in [7, 11) is 3.10. The van der Waals surface area contributed by atoms with Gasteiger partial charge in [-0.05, 0) is 0 Å². The van der Waals surface area contributed by atoms with Gasteiger partial charge >= 0.3 is 5.97 Å². The van der Waals surface area contributed by atoms with Gasteiger partial charge in [0.25, 0.3) is 5.69 Å². The van der Waals surface area contributed by atoms with Gasteiger partial charge in [-0.3, -0.25) is 14.9 Å². The minimum absolute atomic E-state index is 0.0934. The van der Waals surface area contributed by atoms with E-state index in [9.17, 15) is 14.9 Å². The molecule has 0 aromatic heterocycles. The van der Waals surface area contributed by atoms with Gasteiger partial charge < -0.3 is 14.7 Å². The molecule has 0 radical (unpaired) electrons. The lowest BCUT2D eigenvalue weighted by Crippen LogP contribution is -2.28. The quantitative estimate of drug-likeness (QED) is 0.624. The molecule has 0 bridgehead atoms. The standard InChI is InChI=1S/C12H16N2O5/c1-8(12(15)16)7-13(2)9-4-10(14(17)18)6-11(5-9)19-3/h4-6,8H,7H2,1-3H3,(H,15,16). The molecule has 0 aliphatic carbocycles. The Bertz CT molecular complexity index is 489. The molecule has 19 heavy (non-hydrogen) atoms. The molecule has 0 saturated heterocycles. The van der Waals surface area contributed by atoms with Crippen LogP contribution in [0.25, 0.3) is 0 Å². The highest BCUT2D eigenvalue weighted by atomic mass is 16.6. The molecule has 0 aliphatic heterocycles. The molecule has 0 fully saturated rings. The highest BCUT2D eigenvalue weighted by Crippen LogP contribution is 2.28. The van der Waals surface area contributed by atoms with Gasteiger partial charge in [-0.25, -0.2) is 0 Å². The van der Waals surface area contributed by atoms with E-state index in [0.717, 1.165) is 0 Å². The van der Waals surface area contributed by atoms with Crippen LogP contribution < -0.4 is 9.64 Å². The second-order valence-electron chi connectivity index (χ2n) is 4.27. The largest absolute Gasteiger partial charge is 0.496 e. The van der Waals surface area contributed by atoms with Gasteiger partial charge in [0.1, 0.15) is 5.75 Å². The summed E-state index contributed by atoms with van der Waals surface area (Å²) in [6, 6.07) is 4.33. The Balaban J connectivity index is 3.01. The van der Waals surface area contributed by atoms with E-state index in [2.05, 4.69) is 0 Å². The van der Waals surface area contributed by atoms with Crippen molar-refractivity contribution in [2.45, 2.75) is 6.92 Å². The van der Waals surface area contributed by atoms with Crippen LogP contribution in [-0.4, -0.2) is 36.7 Å². The average Bonchev–Trinajstić information content (AvgIpc) is 2.37. The molecule has 0 heterocycles. The maximum atomic E-state index is 10.8. The molecular weight excluding hydrogens is 252 g/mol. The fraction of sp³-hybridized carbons (Fsp3) is 0.417. The highest BCUT2D eigenvalue weighted by molar-refractivity contribution is 5.70. The number of ether oxygens (including phenoxy) is 1. The number of hydrogen-bond acceptors (Lipinski definition) is 5. The van der Waals surface area contributed by atoms with E-state index in [1.165, 1.54) is 19.2 Å². The van der Waals surface area contributed by atoms with Crippen LogP contribution in [0.1, 0.15) is 6.92 Å². The number of nitrogens with zero attached hydrogens (tertiary/aromatic N) is 2. The lowest BCUT2D eigenvalue weighted by molar-refractivity contribution is -0.384. The Labute approximate surface area is 110 Å². The zero-order valence-electron chi connectivity index (χ0n) is 11.0. The summed E-state index contributed by atoms with van der Waals surface area (Å²) in [6.07, 6.45) is 0. The molecule has 1 atom stereocenters. The monoisotopic (exact) mass is 268 g/mol. The molecular formula is C12H16N2O5. The topological polar surface area (TPSA) is 92.9 Å². The van der Waals surface area contributed by atoms with E-state index in [-0.39, 0.29) is 12.2 Å². The van der Waals surface area contributed by atoms with Crippen molar-refractivity contribution in [2.24, 2.45) is 5.92 Å². The van der Waals surface area contributed by atoms with Crippen molar-refractivity contribution in [3.8, 4) is 5.75 Å². The molecule has 1 rings (SSSR count). The Morgan fingerprint density at radius 1 is 1.53 bits per heavy atom. The van der Waals surface area contributed by atoms with Crippen LogP contribution in [0.3, 0.4) is 0 Å². The third kappa shape index (κ3) is 3.84. The summed E-state index contributed by atoms with van der Waals surface area (Å²) in [6.45, 7) is 1.83. The molecule has 1 aromatic rings. The van der Waals surface area contributed by atoms with Gasteiger partial charge in [-0.2, -0.15) is 0 Å². The predicted molar refractivity (Wildman–Crippen MR) is 69.7 cm³/mol. The number of carboxylic acids is 1. The third-order valence-electron chi connectivity index (χ3n) is 2.73. The van der Waals surface area contributed by atoms with E-state index in [0.29, 0.717) is 11.4 Å². The van der Waals surface area contributed by atoms with E-state index in [4.69, 9.17) is 9.84 Å². The molecule has 1 aromatic carbocycles. The fourth-order valence-electron chi connectivity index (χ4n) is 1.61. The van der Waals surface area contributed by atoms with Crippen LogP contribution >= 0.6 is 0 Å². The van der Waals surface area contributed by atoms with Crippen molar-refractivity contribution in [1.82, 2.24) is 0 Å². The molecule has 104 valence electrons. The van der Waals surface area contributed by atoms with Gasteiger partial charge in [-0.1, -0.05) is 6.92 Å². The van der Waals surface area contributed by atoms with Gasteiger partial charge in [0.2, 0.25) is 0 Å². The summed E-state index contributed by atoms with van der Waals surface area (Å²) >= 11 is 0. The Morgan fingerprint density at radius 3 is 2.63 bits per heavy atom. The number of carbonyl (C=O) groups is 1. The number of benzene rings is 1. The second-order valence-corrected chi connectivity index (χ2v) is 4.27. The number of nitro benzene ring substituents is 1. The number of nitro groups is 1. The van der Waals surface area contributed by atoms with Crippen molar-refractivity contribution < 1.29 is 19.6 Å². The molecule has 0 amide bonds. The lowest BCUT2D eigenvalue weighted by atomic mass is 10.1. The first-order chi connectivity index (χ1) is 8.85. The average molecular weight is 268 g/mol. The normalized spacial score (nSPS) is 11.7. The van der Waals surface area contributed by atoms with Gasteiger partial charge in [0.15, 0.2) is 0 Å². The minimum atomic E-state index is -0.913. The van der Waals surface area contributed by atoms with Crippen LogP contribution in [0.15, 0.2) is 18.2 Å². The predicted octanol–water partition coefficient (Wildman–Crippen LogP) is 1.76. The number of hydrogen-bond donors (Lipinski definition) is 1. The summed E-state index contributed by atoms with van der Waals surface area (Å²) in [5, 5.41) is 19.7. The summed E-state index contributed by atoms with van der Waals surface area (Å²) < 4.78 is 5.00. The minimum Gasteiger partial charge on any atom is -0.496 e. The molecule has 1 N–H and O–H groups in total. The smallest absolute Gasteiger partial charge is 0.308 e. The molecule has 0 aliphatic rings. The van der Waals surface area contributed by atoms with Crippen LogP contribution in [0.4, 0.5) is 11.4 Å². The first kappa shape index (κ1) is 14.7. The van der Waals surface area contributed by atoms with Crippen molar-refractivity contribution in [1.29, 1.82) is 0 Å².